The van der Waals surface area contributed by atoms with Crippen LogP contribution in [0.15, 0.2) is 18.2 Å². The van der Waals surface area contributed by atoms with E-state index >= 15 is 0 Å². The lowest BCUT2D eigenvalue weighted by Crippen LogP contribution is -2.23. The maximum Gasteiger partial charge on any atom is 0.347 e. The van der Waals surface area contributed by atoms with Crippen LogP contribution in [0.25, 0.3) is 0 Å². The second-order valence-corrected chi connectivity index (χ2v) is 5.16. The molecule has 1 N–H and O–H groups in total. The number of carbonyl (C=O) groups is 1. The minimum absolute atomic E-state index is 0.245. The van der Waals surface area contributed by atoms with Gasteiger partial charge in [0.05, 0.1) is 6.61 Å². The van der Waals surface area contributed by atoms with Gasteiger partial charge in [-0.05, 0) is 49.6 Å². The molecule has 3 rings (SSSR count). The van der Waals surface area contributed by atoms with E-state index in [1.54, 1.807) is 0 Å². The molecular weight excluding hydrogens is 242 g/mol. The van der Waals surface area contributed by atoms with Crippen molar-refractivity contribution < 1.29 is 14.3 Å². The van der Waals surface area contributed by atoms with Crippen LogP contribution >= 0.6 is 0 Å². The largest absolute Gasteiger partial charge is 0.479 e. The highest BCUT2D eigenvalue weighted by atomic mass is 16.6. The van der Waals surface area contributed by atoms with Gasteiger partial charge in [-0.1, -0.05) is 6.07 Å². The number of fused-ring (bicyclic) bond motifs is 1. The van der Waals surface area contributed by atoms with Crippen molar-refractivity contribution in [1.29, 1.82) is 0 Å². The van der Waals surface area contributed by atoms with Crippen molar-refractivity contribution in [2.45, 2.75) is 37.8 Å². The van der Waals surface area contributed by atoms with E-state index in [2.05, 4.69) is 17.4 Å². The predicted molar refractivity (Wildman–Crippen MR) is 71.2 cm³/mol. The molecule has 1 aliphatic heterocycles. The van der Waals surface area contributed by atoms with Crippen LogP contribution in [-0.4, -0.2) is 25.7 Å². The number of hydrogen-bond donors (Lipinski definition) is 1. The molecule has 1 aromatic rings. The summed E-state index contributed by atoms with van der Waals surface area (Å²) in [6, 6.07) is 6.59. The Morgan fingerprint density at radius 3 is 3.00 bits per heavy atom. The Labute approximate surface area is 113 Å². The summed E-state index contributed by atoms with van der Waals surface area (Å²) in [6.45, 7) is 0.469. The number of nitrogens with one attached hydrogen (secondary N) is 1. The molecule has 0 radical (unpaired) electrons. The number of carbonyl (C=O) groups excluding carboxylic acids is 1. The van der Waals surface area contributed by atoms with E-state index in [1.807, 2.05) is 13.1 Å². The molecule has 0 saturated carbocycles. The zero-order valence-electron chi connectivity index (χ0n) is 11.1. The molecule has 1 fully saturated rings. The van der Waals surface area contributed by atoms with Crippen LogP contribution in [0.4, 0.5) is 0 Å². The molecule has 0 bridgehead atoms. The van der Waals surface area contributed by atoms with Gasteiger partial charge in [-0.15, -0.1) is 0 Å². The van der Waals surface area contributed by atoms with Gasteiger partial charge in [-0.25, -0.2) is 4.79 Å². The van der Waals surface area contributed by atoms with Crippen LogP contribution < -0.4 is 10.1 Å². The third-order valence-electron chi connectivity index (χ3n) is 3.94. The summed E-state index contributed by atoms with van der Waals surface area (Å²) < 4.78 is 10.6. The lowest BCUT2D eigenvalue weighted by Gasteiger charge is -2.25. The lowest BCUT2D eigenvalue weighted by molar-refractivity contribution is -0.143. The van der Waals surface area contributed by atoms with Crippen molar-refractivity contribution >= 4 is 5.97 Å². The quantitative estimate of drug-likeness (QED) is 0.845. The number of benzene rings is 1. The molecule has 19 heavy (non-hydrogen) atoms. The summed E-state index contributed by atoms with van der Waals surface area (Å²) in [6.07, 6.45) is 3.67. The molecule has 2 aliphatic rings. The van der Waals surface area contributed by atoms with Crippen molar-refractivity contribution in [1.82, 2.24) is 5.32 Å². The average Bonchev–Trinajstić information content (AvgIpc) is 2.83. The Morgan fingerprint density at radius 2 is 2.26 bits per heavy atom. The number of rotatable bonds is 3. The van der Waals surface area contributed by atoms with Crippen molar-refractivity contribution in [2.75, 3.05) is 13.7 Å². The Morgan fingerprint density at radius 1 is 1.37 bits per heavy atom. The molecule has 2 atom stereocenters. The van der Waals surface area contributed by atoms with Crippen LogP contribution in [0.2, 0.25) is 0 Å². The SMILES string of the molecule is CNC1CCCc2cc(OC3CCOC3=O)ccc21. The highest BCUT2D eigenvalue weighted by Crippen LogP contribution is 2.32. The van der Waals surface area contributed by atoms with E-state index in [-0.39, 0.29) is 5.97 Å². The van der Waals surface area contributed by atoms with Gasteiger partial charge in [-0.3, -0.25) is 0 Å². The van der Waals surface area contributed by atoms with E-state index in [4.69, 9.17) is 9.47 Å². The zero-order valence-corrected chi connectivity index (χ0v) is 11.1. The van der Waals surface area contributed by atoms with Gasteiger partial charge in [0.2, 0.25) is 0 Å². The highest BCUT2D eigenvalue weighted by Gasteiger charge is 2.28. The Bertz CT molecular complexity index is 486. The first kappa shape index (κ1) is 12.5. The second-order valence-electron chi connectivity index (χ2n) is 5.16. The Kier molecular flexibility index (Phi) is 3.42. The maximum atomic E-state index is 11.4. The molecule has 4 heteroatoms. The molecule has 4 nitrogen and oxygen atoms in total. The summed E-state index contributed by atoms with van der Waals surface area (Å²) in [5.41, 5.74) is 2.68. The average molecular weight is 261 g/mol. The van der Waals surface area contributed by atoms with Crippen molar-refractivity contribution in [3.05, 3.63) is 29.3 Å². The number of esters is 1. The second kappa shape index (κ2) is 5.21. The van der Waals surface area contributed by atoms with Crippen LogP contribution in [-0.2, 0) is 16.0 Å². The minimum atomic E-state index is -0.429. The zero-order chi connectivity index (χ0) is 13.2. The summed E-state index contributed by atoms with van der Waals surface area (Å²) in [5.74, 6) is 0.533. The van der Waals surface area contributed by atoms with Crippen LogP contribution in [0, 0.1) is 0 Å². The third-order valence-corrected chi connectivity index (χ3v) is 3.94. The highest BCUT2D eigenvalue weighted by molar-refractivity contribution is 5.76. The Balaban J connectivity index is 1.79. The molecule has 2 unspecified atom stereocenters. The summed E-state index contributed by atoms with van der Waals surface area (Å²) in [4.78, 5) is 11.4. The number of ether oxygens (including phenoxy) is 2. The maximum absolute atomic E-state index is 11.4. The van der Waals surface area contributed by atoms with Gasteiger partial charge < -0.3 is 14.8 Å². The molecule has 0 spiro atoms. The number of cyclic esters (lactones) is 1. The van der Waals surface area contributed by atoms with Gasteiger partial charge in [0.1, 0.15) is 5.75 Å². The monoisotopic (exact) mass is 261 g/mol. The summed E-state index contributed by atoms with van der Waals surface area (Å²) >= 11 is 0. The standard InChI is InChI=1S/C15H19NO3/c1-16-13-4-2-3-10-9-11(5-6-12(10)13)19-14-7-8-18-15(14)17/h5-6,9,13-14,16H,2-4,7-8H2,1H3. The molecular formula is C15H19NO3. The predicted octanol–water partition coefficient (Wildman–Crippen LogP) is 1.98. The molecule has 102 valence electrons. The van der Waals surface area contributed by atoms with Crippen molar-refractivity contribution in [2.24, 2.45) is 0 Å². The third kappa shape index (κ3) is 2.45. The van der Waals surface area contributed by atoms with Gasteiger partial charge in [0.25, 0.3) is 0 Å². The first-order valence-electron chi connectivity index (χ1n) is 6.91. The molecule has 0 amide bonds. The van der Waals surface area contributed by atoms with Crippen LogP contribution in [0.1, 0.15) is 36.4 Å². The fraction of sp³-hybridized carbons (Fsp3) is 0.533. The number of hydrogen-bond acceptors (Lipinski definition) is 4. The van der Waals surface area contributed by atoms with Crippen molar-refractivity contribution in [3.8, 4) is 5.75 Å². The molecule has 1 heterocycles. The van der Waals surface area contributed by atoms with Crippen LogP contribution in [0.5, 0.6) is 5.75 Å². The molecule has 0 aromatic heterocycles. The van der Waals surface area contributed by atoms with Crippen molar-refractivity contribution in [3.63, 3.8) is 0 Å². The lowest BCUT2D eigenvalue weighted by atomic mass is 9.87. The minimum Gasteiger partial charge on any atom is -0.479 e. The fourth-order valence-corrected chi connectivity index (χ4v) is 2.91. The van der Waals surface area contributed by atoms with E-state index < -0.39 is 6.10 Å². The van der Waals surface area contributed by atoms with E-state index in [1.165, 1.54) is 24.0 Å². The smallest absolute Gasteiger partial charge is 0.347 e. The van der Waals surface area contributed by atoms with Crippen LogP contribution in [0.3, 0.4) is 0 Å². The van der Waals surface area contributed by atoms with Gasteiger partial charge in [0, 0.05) is 12.5 Å². The van der Waals surface area contributed by atoms with E-state index in [0.29, 0.717) is 19.1 Å². The first-order chi connectivity index (χ1) is 9.28. The van der Waals surface area contributed by atoms with E-state index in [0.717, 1.165) is 12.2 Å². The van der Waals surface area contributed by atoms with Gasteiger partial charge in [-0.2, -0.15) is 0 Å². The molecule has 1 aliphatic carbocycles. The normalized spacial score (nSPS) is 25.8. The number of aryl methyl sites for hydroxylation is 1. The topological polar surface area (TPSA) is 47.6 Å². The van der Waals surface area contributed by atoms with E-state index in [9.17, 15) is 4.79 Å². The van der Waals surface area contributed by atoms with Gasteiger partial charge in [0.15, 0.2) is 6.10 Å². The Hall–Kier alpha value is -1.55. The fourth-order valence-electron chi connectivity index (χ4n) is 2.91. The van der Waals surface area contributed by atoms with Gasteiger partial charge >= 0.3 is 5.97 Å². The molecule has 1 aromatic carbocycles. The first-order valence-corrected chi connectivity index (χ1v) is 6.91. The summed E-state index contributed by atoms with van der Waals surface area (Å²) in [7, 11) is 2.00. The summed E-state index contributed by atoms with van der Waals surface area (Å²) in [5, 5.41) is 3.34. The molecule has 1 saturated heterocycles.